The van der Waals surface area contributed by atoms with Crippen LogP contribution in [0.15, 0.2) is 48.5 Å². The van der Waals surface area contributed by atoms with Gasteiger partial charge in [-0.2, -0.15) is 28.1 Å². The highest BCUT2D eigenvalue weighted by Gasteiger charge is 2.45. The third kappa shape index (κ3) is 11.4. The number of nitrogens with zero attached hydrogens (tertiary/aromatic N) is 4. The Balaban J connectivity index is 1.23. The summed E-state index contributed by atoms with van der Waals surface area (Å²) in [6.07, 6.45) is -0.0949. The molecule has 2 saturated carbocycles. The minimum absolute atomic E-state index is 0.0314. The maximum Gasteiger partial charge on any atom is 0.422 e. The van der Waals surface area contributed by atoms with E-state index in [1.165, 1.54) is 13.8 Å². The van der Waals surface area contributed by atoms with E-state index in [2.05, 4.69) is 49.6 Å². The summed E-state index contributed by atoms with van der Waals surface area (Å²) in [5.41, 5.74) is 1.18. The van der Waals surface area contributed by atoms with E-state index < -0.39 is 52.1 Å². The zero-order chi connectivity index (χ0) is 39.1. The fourth-order valence-electron chi connectivity index (χ4n) is 5.74. The van der Waals surface area contributed by atoms with E-state index in [0.717, 1.165) is 44.5 Å². The number of hydrogen-bond donors (Lipinski definition) is 4. The van der Waals surface area contributed by atoms with Crippen LogP contribution in [0, 0.1) is 5.41 Å². The summed E-state index contributed by atoms with van der Waals surface area (Å²) in [5.74, 6) is -0.797. The fraction of sp³-hybridized carbons (Fsp3) is 0.528. The number of amides is 2. The molecule has 0 unspecified atom stereocenters. The van der Waals surface area contributed by atoms with Gasteiger partial charge in [0.2, 0.25) is 21.9 Å². The number of carbonyl (C=O) groups is 2. The van der Waals surface area contributed by atoms with Crippen LogP contribution in [0.4, 0.5) is 30.8 Å². The third-order valence-electron chi connectivity index (χ3n) is 9.26. The summed E-state index contributed by atoms with van der Waals surface area (Å²) < 4.78 is 75.2. The summed E-state index contributed by atoms with van der Waals surface area (Å²) in [4.78, 5) is 40.0. The lowest BCUT2D eigenvalue weighted by molar-refractivity contribution is -0.154. The van der Waals surface area contributed by atoms with Crippen LogP contribution in [0.5, 0.6) is 11.8 Å². The normalized spacial score (nSPS) is 15.7. The minimum Gasteiger partial charge on any atom is -0.484 e. The Morgan fingerprint density at radius 1 is 0.926 bits per heavy atom. The zero-order valence-corrected chi connectivity index (χ0v) is 31.6. The molecular formula is C36H47F3N8O6S. The van der Waals surface area contributed by atoms with E-state index in [9.17, 15) is 31.2 Å². The maximum absolute atomic E-state index is 13.0. The molecule has 4 N–H and O–H groups in total. The molecule has 0 radical (unpaired) electrons. The molecule has 0 saturated heterocycles. The van der Waals surface area contributed by atoms with Gasteiger partial charge in [0.05, 0.1) is 10.8 Å². The van der Waals surface area contributed by atoms with Gasteiger partial charge in [-0.1, -0.05) is 26.0 Å². The monoisotopic (exact) mass is 776 g/mol. The van der Waals surface area contributed by atoms with E-state index in [1.807, 2.05) is 4.72 Å². The van der Waals surface area contributed by atoms with Crippen molar-refractivity contribution in [1.82, 2.24) is 29.9 Å². The number of anilines is 3. The van der Waals surface area contributed by atoms with Gasteiger partial charge >= 0.3 is 12.2 Å². The molecule has 2 amide bonds. The summed E-state index contributed by atoms with van der Waals surface area (Å²) >= 11 is 0. The second-order valence-electron chi connectivity index (χ2n) is 14.1. The highest BCUT2D eigenvalue weighted by Crippen LogP contribution is 2.48. The molecule has 3 aromatic rings. The molecule has 1 heterocycles. The lowest BCUT2D eigenvalue weighted by Gasteiger charge is -2.26. The van der Waals surface area contributed by atoms with Crippen molar-refractivity contribution in [3.63, 3.8) is 0 Å². The van der Waals surface area contributed by atoms with E-state index in [1.54, 1.807) is 48.5 Å². The zero-order valence-electron chi connectivity index (χ0n) is 30.8. The molecule has 294 valence electrons. The Morgan fingerprint density at radius 3 is 2.17 bits per heavy atom. The smallest absolute Gasteiger partial charge is 0.422 e. The number of benzene rings is 2. The van der Waals surface area contributed by atoms with Crippen molar-refractivity contribution in [2.75, 3.05) is 50.0 Å². The number of sulfonamides is 1. The first-order chi connectivity index (χ1) is 25.5. The first kappa shape index (κ1) is 40.5. The minimum atomic E-state index is -4.63. The predicted molar refractivity (Wildman–Crippen MR) is 196 cm³/mol. The Kier molecular flexibility index (Phi) is 12.6. The molecule has 2 aliphatic rings. The Bertz CT molecular complexity index is 1870. The van der Waals surface area contributed by atoms with Crippen molar-refractivity contribution in [1.29, 1.82) is 0 Å². The molecule has 0 atom stereocenters. The largest absolute Gasteiger partial charge is 0.484 e. The van der Waals surface area contributed by atoms with Crippen LogP contribution in [0.1, 0.15) is 75.7 Å². The van der Waals surface area contributed by atoms with Gasteiger partial charge in [-0.15, -0.1) is 0 Å². The lowest BCUT2D eigenvalue weighted by Crippen LogP contribution is -2.38. The number of alkyl halides is 3. The fourth-order valence-corrected chi connectivity index (χ4v) is 6.35. The van der Waals surface area contributed by atoms with Crippen molar-refractivity contribution in [2.45, 2.75) is 76.8 Å². The molecule has 0 aliphatic heterocycles. The van der Waals surface area contributed by atoms with Crippen molar-refractivity contribution < 1.29 is 40.7 Å². The van der Waals surface area contributed by atoms with Gasteiger partial charge in [0.15, 0.2) is 13.2 Å². The Hall–Kier alpha value is -4.71. The third-order valence-corrected chi connectivity index (χ3v) is 11.0. The molecule has 2 aromatic carbocycles. The van der Waals surface area contributed by atoms with E-state index in [0.29, 0.717) is 36.4 Å². The molecule has 5 rings (SSSR count). The van der Waals surface area contributed by atoms with Gasteiger partial charge in [-0.05, 0) is 101 Å². The van der Waals surface area contributed by atoms with Gasteiger partial charge in [0, 0.05) is 29.8 Å². The molecule has 0 spiro atoms. The Morgan fingerprint density at radius 2 is 1.59 bits per heavy atom. The summed E-state index contributed by atoms with van der Waals surface area (Å²) in [5, 5.41) is 8.45. The average molecular weight is 777 g/mol. The maximum atomic E-state index is 13.0. The quantitative estimate of drug-likeness (QED) is 0.119. The van der Waals surface area contributed by atoms with Crippen molar-refractivity contribution in [3.8, 4) is 11.8 Å². The molecule has 0 bridgehead atoms. The van der Waals surface area contributed by atoms with Crippen LogP contribution in [-0.4, -0.2) is 90.9 Å². The van der Waals surface area contributed by atoms with Gasteiger partial charge < -0.3 is 30.3 Å². The summed E-state index contributed by atoms with van der Waals surface area (Å²) in [6.45, 7) is 8.63. The lowest BCUT2D eigenvalue weighted by atomic mass is 10.1. The number of ether oxygens (including phenoxy) is 2. The van der Waals surface area contributed by atoms with Gasteiger partial charge in [0.1, 0.15) is 5.75 Å². The number of hydrogen-bond acceptors (Lipinski definition) is 12. The van der Waals surface area contributed by atoms with Crippen molar-refractivity contribution >= 4 is 39.4 Å². The number of halogens is 3. The average Bonchev–Trinajstić information content (AvgIpc) is 4.06. The number of aromatic nitrogens is 3. The van der Waals surface area contributed by atoms with E-state index in [-0.39, 0.29) is 23.2 Å². The first-order valence-corrected chi connectivity index (χ1v) is 19.5. The number of nitrogens with one attached hydrogen (secondary N) is 4. The van der Waals surface area contributed by atoms with Crippen LogP contribution in [-0.2, 0) is 20.4 Å². The topological polar surface area (TPSA) is 177 Å². The van der Waals surface area contributed by atoms with E-state index >= 15 is 0 Å². The number of rotatable bonds is 20. The highest BCUT2D eigenvalue weighted by atomic mass is 32.2. The van der Waals surface area contributed by atoms with Crippen LogP contribution in [0.3, 0.4) is 0 Å². The van der Waals surface area contributed by atoms with Gasteiger partial charge in [-0.3, -0.25) is 9.59 Å². The Labute approximate surface area is 313 Å². The first-order valence-electron chi connectivity index (χ1n) is 17.9. The van der Waals surface area contributed by atoms with Crippen LogP contribution in [0.25, 0.3) is 0 Å². The second kappa shape index (κ2) is 16.8. The molecule has 18 heteroatoms. The predicted octanol–water partition coefficient (Wildman–Crippen LogP) is 5.13. The van der Waals surface area contributed by atoms with Gasteiger partial charge in [-0.25, -0.2) is 13.1 Å². The highest BCUT2D eigenvalue weighted by molar-refractivity contribution is 7.90. The summed E-state index contributed by atoms with van der Waals surface area (Å²) in [7, 11) is -3.79. The molecule has 2 fully saturated rings. The second-order valence-corrected chi connectivity index (χ2v) is 16.3. The molecular weight excluding hydrogens is 730 g/mol. The molecule has 54 heavy (non-hydrogen) atoms. The SMILES string of the molecule is CCCN(CC)CC1(CNC(=O)c2ccc(Nc3nc(NC4(c5ccc(OCC(=O)NS(=O)(=O)C(C)C)cc5)CC4)nc(OCC(F)(F)F)n3)cc2)CC1. The van der Waals surface area contributed by atoms with Crippen LogP contribution in [0.2, 0.25) is 0 Å². The van der Waals surface area contributed by atoms with Crippen LogP contribution < -0.4 is 30.1 Å². The van der Waals surface area contributed by atoms with Crippen LogP contribution >= 0.6 is 0 Å². The molecule has 2 aliphatic carbocycles. The summed E-state index contributed by atoms with van der Waals surface area (Å²) in [6, 6.07) is 12.7. The van der Waals surface area contributed by atoms with Gasteiger partial charge in [0.25, 0.3) is 11.8 Å². The standard InChI is InChI=1S/C36H47F3N8O6S/c1-5-19-47(6-2)22-34(15-16-34)21-40-30(49)25-7-11-27(12-8-25)41-31-42-32(44-33(43-31)53-23-36(37,38)39)45-35(17-18-35)26-9-13-28(14-10-26)52-20-29(48)46-54(50,51)24(3)4/h7-14,24H,5-6,15-23H2,1-4H3,(H,40,49)(H,46,48)(H2,41,42,43,44,45). The van der Waals surface area contributed by atoms with Crippen molar-refractivity contribution in [2.24, 2.45) is 5.41 Å². The number of carbonyl (C=O) groups excluding carboxylic acids is 2. The van der Waals surface area contributed by atoms with E-state index in [4.69, 9.17) is 9.47 Å². The van der Waals surface area contributed by atoms with Crippen molar-refractivity contribution in [3.05, 3.63) is 59.7 Å². The molecule has 14 nitrogen and oxygen atoms in total. The molecule has 1 aromatic heterocycles.